The fourth-order valence-electron chi connectivity index (χ4n) is 4.31. The van der Waals surface area contributed by atoms with Crippen LogP contribution in [0.2, 0.25) is 0 Å². The first-order valence-electron chi connectivity index (χ1n) is 7.85. The molecule has 3 rings (SSSR count). The molecule has 3 fully saturated rings. The Kier molecular flexibility index (Phi) is 3.92. The van der Waals surface area contributed by atoms with E-state index in [0.29, 0.717) is 18.0 Å². The van der Waals surface area contributed by atoms with E-state index in [-0.39, 0.29) is 0 Å². The molecule has 1 saturated heterocycles. The molecule has 0 radical (unpaired) electrons. The molecule has 0 aromatic rings. The standard InChI is InChI=1S/C15H27NO2/c17-15-9-2-1-5-12(15)6-3-8-14(15)16-13-7-4-10-18-11-13/h12-14,16-17H,1-11H2. The minimum Gasteiger partial charge on any atom is -0.388 e. The minimum absolute atomic E-state index is 0.309. The van der Waals surface area contributed by atoms with Gasteiger partial charge in [0.25, 0.3) is 0 Å². The summed E-state index contributed by atoms with van der Waals surface area (Å²) in [6.07, 6.45) is 10.8. The predicted octanol–water partition coefficient (Wildman–Crippen LogP) is 2.23. The lowest BCUT2D eigenvalue weighted by Gasteiger charge is -2.50. The minimum atomic E-state index is -0.423. The Bertz CT molecular complexity index is 276. The van der Waals surface area contributed by atoms with Crippen LogP contribution in [-0.2, 0) is 4.74 Å². The predicted molar refractivity (Wildman–Crippen MR) is 71.5 cm³/mol. The highest BCUT2D eigenvalue weighted by Crippen LogP contribution is 2.44. The summed E-state index contributed by atoms with van der Waals surface area (Å²) >= 11 is 0. The van der Waals surface area contributed by atoms with Crippen molar-refractivity contribution in [1.29, 1.82) is 0 Å². The third-order valence-electron chi connectivity index (χ3n) is 5.33. The van der Waals surface area contributed by atoms with E-state index in [1.54, 1.807) is 0 Å². The monoisotopic (exact) mass is 253 g/mol. The number of rotatable bonds is 2. The Morgan fingerprint density at radius 1 is 1.00 bits per heavy atom. The van der Waals surface area contributed by atoms with Gasteiger partial charge in [-0.2, -0.15) is 0 Å². The van der Waals surface area contributed by atoms with Crippen molar-refractivity contribution in [2.45, 2.75) is 75.5 Å². The van der Waals surface area contributed by atoms with Crippen LogP contribution in [0.5, 0.6) is 0 Å². The number of nitrogens with one attached hydrogen (secondary N) is 1. The van der Waals surface area contributed by atoms with Crippen molar-refractivity contribution < 1.29 is 9.84 Å². The van der Waals surface area contributed by atoms with Crippen LogP contribution in [0, 0.1) is 5.92 Å². The summed E-state index contributed by atoms with van der Waals surface area (Å²) in [6.45, 7) is 1.74. The van der Waals surface area contributed by atoms with Gasteiger partial charge in [0.15, 0.2) is 0 Å². The summed E-state index contributed by atoms with van der Waals surface area (Å²) in [7, 11) is 0. The second-order valence-corrected chi connectivity index (χ2v) is 6.50. The Hall–Kier alpha value is -0.120. The topological polar surface area (TPSA) is 41.5 Å². The Balaban J connectivity index is 1.65. The van der Waals surface area contributed by atoms with E-state index < -0.39 is 5.60 Å². The van der Waals surface area contributed by atoms with Crippen molar-refractivity contribution in [1.82, 2.24) is 5.32 Å². The zero-order chi connectivity index (χ0) is 12.4. The van der Waals surface area contributed by atoms with Crippen molar-refractivity contribution in [3.8, 4) is 0 Å². The van der Waals surface area contributed by atoms with Gasteiger partial charge in [-0.3, -0.25) is 0 Å². The van der Waals surface area contributed by atoms with E-state index in [4.69, 9.17) is 4.74 Å². The molecule has 2 saturated carbocycles. The molecular formula is C15H27NO2. The van der Waals surface area contributed by atoms with Crippen molar-refractivity contribution in [3.63, 3.8) is 0 Å². The highest BCUT2D eigenvalue weighted by Gasteiger charge is 2.47. The molecule has 18 heavy (non-hydrogen) atoms. The Morgan fingerprint density at radius 3 is 2.72 bits per heavy atom. The molecule has 0 bridgehead atoms. The second kappa shape index (κ2) is 5.48. The molecular weight excluding hydrogens is 226 g/mol. The molecule has 104 valence electrons. The first-order chi connectivity index (χ1) is 8.79. The quantitative estimate of drug-likeness (QED) is 0.793. The summed E-state index contributed by atoms with van der Waals surface area (Å²) in [5.41, 5.74) is -0.423. The summed E-state index contributed by atoms with van der Waals surface area (Å²) in [5.74, 6) is 0.544. The number of aliphatic hydroxyl groups is 1. The van der Waals surface area contributed by atoms with Crippen molar-refractivity contribution in [3.05, 3.63) is 0 Å². The lowest BCUT2D eigenvalue weighted by molar-refractivity contribution is -0.104. The van der Waals surface area contributed by atoms with Crippen LogP contribution in [-0.4, -0.2) is 36.0 Å². The lowest BCUT2D eigenvalue weighted by atomic mass is 9.64. The lowest BCUT2D eigenvalue weighted by Crippen LogP contribution is -2.61. The molecule has 1 heterocycles. The molecule has 0 spiro atoms. The van der Waals surface area contributed by atoms with Gasteiger partial charge in [0.05, 0.1) is 12.2 Å². The highest BCUT2D eigenvalue weighted by molar-refractivity contribution is 5.02. The zero-order valence-electron chi connectivity index (χ0n) is 11.4. The molecule has 4 unspecified atom stereocenters. The molecule has 2 N–H and O–H groups in total. The van der Waals surface area contributed by atoms with Crippen LogP contribution in [0.3, 0.4) is 0 Å². The maximum Gasteiger partial charge on any atom is 0.0828 e. The number of hydrogen-bond acceptors (Lipinski definition) is 3. The van der Waals surface area contributed by atoms with Crippen LogP contribution in [0.25, 0.3) is 0 Å². The smallest absolute Gasteiger partial charge is 0.0828 e. The van der Waals surface area contributed by atoms with Gasteiger partial charge in [0.2, 0.25) is 0 Å². The third kappa shape index (κ3) is 2.45. The highest BCUT2D eigenvalue weighted by atomic mass is 16.5. The molecule has 3 heteroatoms. The summed E-state index contributed by atoms with van der Waals surface area (Å²) < 4.78 is 5.55. The van der Waals surface area contributed by atoms with Crippen molar-refractivity contribution >= 4 is 0 Å². The van der Waals surface area contributed by atoms with Gasteiger partial charge in [-0.25, -0.2) is 0 Å². The molecule has 3 aliphatic rings. The van der Waals surface area contributed by atoms with Gasteiger partial charge < -0.3 is 15.2 Å². The van der Waals surface area contributed by atoms with Gasteiger partial charge in [0, 0.05) is 18.7 Å². The van der Waals surface area contributed by atoms with Gasteiger partial charge >= 0.3 is 0 Å². The molecule has 2 aliphatic carbocycles. The maximum absolute atomic E-state index is 11.1. The first-order valence-corrected chi connectivity index (χ1v) is 7.85. The fourth-order valence-corrected chi connectivity index (χ4v) is 4.31. The van der Waals surface area contributed by atoms with Crippen molar-refractivity contribution in [2.24, 2.45) is 5.92 Å². The molecule has 0 aromatic carbocycles. The summed E-state index contributed by atoms with van der Waals surface area (Å²) in [5, 5.41) is 14.8. The van der Waals surface area contributed by atoms with E-state index in [2.05, 4.69) is 5.32 Å². The van der Waals surface area contributed by atoms with Gasteiger partial charge in [0.1, 0.15) is 0 Å². The van der Waals surface area contributed by atoms with Crippen LogP contribution in [0.4, 0.5) is 0 Å². The molecule has 0 aromatic heterocycles. The van der Waals surface area contributed by atoms with Crippen LogP contribution in [0.15, 0.2) is 0 Å². The van der Waals surface area contributed by atoms with Crippen LogP contribution < -0.4 is 5.32 Å². The van der Waals surface area contributed by atoms with Gasteiger partial charge in [-0.15, -0.1) is 0 Å². The normalized spacial score (nSPS) is 45.5. The van der Waals surface area contributed by atoms with E-state index in [1.807, 2.05) is 0 Å². The fraction of sp³-hybridized carbons (Fsp3) is 1.00. The van der Waals surface area contributed by atoms with Crippen molar-refractivity contribution in [2.75, 3.05) is 13.2 Å². The molecule has 0 amide bonds. The SMILES string of the molecule is OC12CCCCC1CCCC2NC1CCCOC1. The Labute approximate surface area is 110 Å². The average molecular weight is 253 g/mol. The van der Waals surface area contributed by atoms with E-state index in [9.17, 15) is 5.11 Å². The maximum atomic E-state index is 11.1. The van der Waals surface area contributed by atoms with Gasteiger partial charge in [-0.1, -0.05) is 19.3 Å². The Morgan fingerprint density at radius 2 is 1.89 bits per heavy atom. The van der Waals surface area contributed by atoms with E-state index >= 15 is 0 Å². The van der Waals surface area contributed by atoms with Crippen LogP contribution >= 0.6 is 0 Å². The second-order valence-electron chi connectivity index (χ2n) is 6.50. The van der Waals surface area contributed by atoms with Gasteiger partial charge in [-0.05, 0) is 44.4 Å². The largest absolute Gasteiger partial charge is 0.388 e. The summed E-state index contributed by atoms with van der Waals surface area (Å²) in [4.78, 5) is 0. The summed E-state index contributed by atoms with van der Waals surface area (Å²) in [6, 6.07) is 0.775. The number of fused-ring (bicyclic) bond motifs is 1. The third-order valence-corrected chi connectivity index (χ3v) is 5.33. The van der Waals surface area contributed by atoms with E-state index in [0.717, 1.165) is 32.5 Å². The number of ether oxygens (including phenoxy) is 1. The average Bonchev–Trinajstić information content (AvgIpc) is 2.41. The van der Waals surface area contributed by atoms with E-state index in [1.165, 1.54) is 38.5 Å². The number of hydrogen-bond donors (Lipinski definition) is 2. The molecule has 3 nitrogen and oxygen atoms in total. The molecule has 1 aliphatic heterocycles. The zero-order valence-corrected chi connectivity index (χ0v) is 11.4. The van der Waals surface area contributed by atoms with Crippen LogP contribution in [0.1, 0.15) is 57.8 Å². The molecule has 4 atom stereocenters. The first kappa shape index (κ1) is 12.9.